The van der Waals surface area contributed by atoms with Crippen LogP contribution in [0.15, 0.2) is 66.7 Å². The molecule has 5 rings (SSSR count). The molecule has 0 aromatic heterocycles. The van der Waals surface area contributed by atoms with Gasteiger partial charge in [-0.25, -0.2) is 4.79 Å². The minimum Gasteiger partial charge on any atom is -0.478 e. The monoisotopic (exact) mass is 375 g/mol. The van der Waals surface area contributed by atoms with E-state index < -0.39 is 5.97 Å². The zero-order chi connectivity index (χ0) is 18.5. The molecule has 0 unspecified atom stereocenters. The van der Waals surface area contributed by atoms with E-state index in [-0.39, 0.29) is 12.0 Å². The first kappa shape index (κ1) is 16.4. The molecule has 1 heterocycles. The van der Waals surface area contributed by atoms with Crippen LogP contribution in [0.2, 0.25) is 5.02 Å². The molecule has 0 spiro atoms. The van der Waals surface area contributed by atoms with Gasteiger partial charge in [0.25, 0.3) is 0 Å². The molecule has 2 N–H and O–H groups in total. The van der Waals surface area contributed by atoms with E-state index in [0.29, 0.717) is 11.5 Å². The van der Waals surface area contributed by atoms with E-state index in [9.17, 15) is 9.90 Å². The number of fused-ring (bicyclic) bond motifs is 5. The lowest BCUT2D eigenvalue weighted by Gasteiger charge is -2.38. The van der Waals surface area contributed by atoms with E-state index in [1.807, 2.05) is 30.3 Å². The van der Waals surface area contributed by atoms with E-state index in [2.05, 4.69) is 35.6 Å². The van der Waals surface area contributed by atoms with Crippen molar-refractivity contribution in [3.05, 3.63) is 99.6 Å². The Kier molecular flexibility index (Phi) is 3.73. The highest BCUT2D eigenvalue weighted by molar-refractivity contribution is 6.30. The molecule has 1 aliphatic carbocycles. The molecule has 0 fully saturated rings. The van der Waals surface area contributed by atoms with Gasteiger partial charge >= 0.3 is 5.97 Å². The first-order valence-electron chi connectivity index (χ1n) is 9.09. The molecular weight excluding hydrogens is 358 g/mol. The molecule has 3 atom stereocenters. The lowest BCUT2D eigenvalue weighted by atomic mass is 9.75. The first-order valence-corrected chi connectivity index (χ1v) is 9.46. The first-order chi connectivity index (χ1) is 13.1. The van der Waals surface area contributed by atoms with Crippen LogP contribution in [0.3, 0.4) is 0 Å². The maximum Gasteiger partial charge on any atom is 0.335 e. The zero-order valence-corrected chi connectivity index (χ0v) is 15.3. The molecule has 0 amide bonds. The summed E-state index contributed by atoms with van der Waals surface area (Å²) in [6.07, 6.45) is 0.960. The maximum atomic E-state index is 11.5. The minimum atomic E-state index is -0.891. The molecule has 0 saturated heterocycles. The summed E-state index contributed by atoms with van der Waals surface area (Å²) < 4.78 is 0. The van der Waals surface area contributed by atoms with E-state index >= 15 is 0 Å². The standard InChI is InChI=1S/C23H18ClNO2/c24-16-6-3-5-14(10-16)22-19-11-13-4-1-2-7-17(13)21(19)18-12-15(23(26)27)8-9-20(18)25-22/h1-10,12,19,21-22,25H,11H2,(H,26,27)/t19-,21-,22-/m1/s1. The number of aromatic carboxylic acids is 1. The third-order valence-electron chi connectivity index (χ3n) is 5.85. The van der Waals surface area contributed by atoms with E-state index in [4.69, 9.17) is 11.6 Å². The molecule has 4 heteroatoms. The van der Waals surface area contributed by atoms with Gasteiger partial charge in [0, 0.05) is 16.6 Å². The second-order valence-electron chi connectivity index (χ2n) is 7.33. The van der Waals surface area contributed by atoms with E-state index in [1.165, 1.54) is 16.7 Å². The molecule has 3 aromatic carbocycles. The molecule has 0 saturated carbocycles. The number of carbonyl (C=O) groups is 1. The fourth-order valence-corrected chi connectivity index (χ4v) is 4.92. The molecule has 27 heavy (non-hydrogen) atoms. The highest BCUT2D eigenvalue weighted by Gasteiger charge is 2.43. The summed E-state index contributed by atoms with van der Waals surface area (Å²) in [4.78, 5) is 11.5. The number of benzene rings is 3. The van der Waals surface area contributed by atoms with Gasteiger partial charge in [-0.1, -0.05) is 48.0 Å². The van der Waals surface area contributed by atoms with Gasteiger partial charge in [0.15, 0.2) is 0 Å². The van der Waals surface area contributed by atoms with Crippen LogP contribution < -0.4 is 5.32 Å². The van der Waals surface area contributed by atoms with Crippen molar-refractivity contribution in [1.29, 1.82) is 0 Å². The van der Waals surface area contributed by atoms with Crippen molar-refractivity contribution in [2.75, 3.05) is 5.32 Å². The van der Waals surface area contributed by atoms with Crippen LogP contribution in [0, 0.1) is 5.92 Å². The SMILES string of the molecule is O=C(O)c1ccc2c(c1)[C@H]1c3ccccc3C[C@H]1[C@@H](c1cccc(Cl)c1)N2. The third-order valence-corrected chi connectivity index (χ3v) is 6.09. The van der Waals surface area contributed by atoms with E-state index in [1.54, 1.807) is 6.07 Å². The predicted octanol–water partition coefficient (Wildman–Crippen LogP) is 5.51. The number of nitrogens with one attached hydrogen (secondary N) is 1. The van der Waals surface area contributed by atoms with Crippen LogP contribution in [-0.4, -0.2) is 11.1 Å². The predicted molar refractivity (Wildman–Crippen MR) is 107 cm³/mol. The van der Waals surface area contributed by atoms with Crippen LogP contribution in [0.4, 0.5) is 5.69 Å². The minimum absolute atomic E-state index is 0.129. The van der Waals surface area contributed by atoms with Crippen molar-refractivity contribution >= 4 is 23.3 Å². The van der Waals surface area contributed by atoms with Gasteiger partial charge in [-0.05, 0) is 64.9 Å². The van der Waals surface area contributed by atoms with Crippen molar-refractivity contribution in [2.24, 2.45) is 5.92 Å². The van der Waals surface area contributed by atoms with Gasteiger partial charge in [0.05, 0.1) is 11.6 Å². The number of hydrogen-bond donors (Lipinski definition) is 2. The van der Waals surface area contributed by atoms with Gasteiger partial charge in [-0.2, -0.15) is 0 Å². The van der Waals surface area contributed by atoms with Crippen molar-refractivity contribution in [3.8, 4) is 0 Å². The number of carboxylic acids is 1. The second kappa shape index (κ2) is 6.14. The Morgan fingerprint density at radius 2 is 1.85 bits per heavy atom. The molecule has 2 aliphatic rings. The van der Waals surface area contributed by atoms with Crippen molar-refractivity contribution in [3.63, 3.8) is 0 Å². The van der Waals surface area contributed by atoms with Crippen LogP contribution >= 0.6 is 11.6 Å². The second-order valence-corrected chi connectivity index (χ2v) is 7.77. The summed E-state index contributed by atoms with van der Waals surface area (Å²) in [6.45, 7) is 0. The molecule has 134 valence electrons. The summed E-state index contributed by atoms with van der Waals surface area (Å²) in [5.41, 5.74) is 6.22. The van der Waals surface area contributed by atoms with E-state index in [0.717, 1.165) is 22.7 Å². The quantitative estimate of drug-likeness (QED) is 0.621. The average molecular weight is 376 g/mol. The molecule has 3 nitrogen and oxygen atoms in total. The van der Waals surface area contributed by atoms with Crippen LogP contribution in [0.5, 0.6) is 0 Å². The molecule has 0 bridgehead atoms. The number of halogens is 1. The smallest absolute Gasteiger partial charge is 0.335 e. The molecular formula is C23H18ClNO2. The zero-order valence-electron chi connectivity index (χ0n) is 14.5. The Morgan fingerprint density at radius 1 is 1.00 bits per heavy atom. The summed E-state index contributed by atoms with van der Waals surface area (Å²) in [6, 6.07) is 22.0. The molecule has 1 aliphatic heterocycles. The number of rotatable bonds is 2. The number of hydrogen-bond acceptors (Lipinski definition) is 2. The van der Waals surface area contributed by atoms with Crippen molar-refractivity contribution < 1.29 is 9.90 Å². The van der Waals surface area contributed by atoms with Gasteiger partial charge < -0.3 is 10.4 Å². The van der Waals surface area contributed by atoms with Gasteiger partial charge in [0.2, 0.25) is 0 Å². The number of anilines is 1. The average Bonchev–Trinajstić information content (AvgIpc) is 3.06. The Balaban J connectivity index is 1.69. The summed E-state index contributed by atoms with van der Waals surface area (Å²) >= 11 is 6.26. The Labute approximate surface area is 162 Å². The summed E-state index contributed by atoms with van der Waals surface area (Å²) in [5.74, 6) is -0.393. The van der Waals surface area contributed by atoms with Gasteiger partial charge in [-0.3, -0.25) is 0 Å². The highest BCUT2D eigenvalue weighted by Crippen LogP contribution is 2.54. The van der Waals surface area contributed by atoms with Crippen molar-refractivity contribution in [1.82, 2.24) is 0 Å². The van der Waals surface area contributed by atoms with Gasteiger partial charge in [-0.15, -0.1) is 0 Å². The fourth-order valence-electron chi connectivity index (χ4n) is 4.72. The molecule has 3 aromatic rings. The number of carboxylic acid groups (broad SMARTS) is 1. The van der Waals surface area contributed by atoms with Crippen LogP contribution in [0.25, 0.3) is 0 Å². The summed E-state index contributed by atoms with van der Waals surface area (Å²) in [7, 11) is 0. The van der Waals surface area contributed by atoms with Gasteiger partial charge in [0.1, 0.15) is 0 Å². The normalized spacial score (nSPS) is 22.3. The van der Waals surface area contributed by atoms with Crippen molar-refractivity contribution in [2.45, 2.75) is 18.4 Å². The highest BCUT2D eigenvalue weighted by atomic mass is 35.5. The fraction of sp³-hybridized carbons (Fsp3) is 0.174. The topological polar surface area (TPSA) is 49.3 Å². The van der Waals surface area contributed by atoms with Crippen LogP contribution in [-0.2, 0) is 6.42 Å². The third kappa shape index (κ3) is 2.62. The van der Waals surface area contributed by atoms with Crippen LogP contribution in [0.1, 0.15) is 44.6 Å². The Bertz CT molecular complexity index is 1060. The Morgan fingerprint density at radius 3 is 2.67 bits per heavy atom. The lowest BCUT2D eigenvalue weighted by molar-refractivity contribution is 0.0696. The summed E-state index contributed by atoms with van der Waals surface area (Å²) in [5, 5.41) is 13.8. The Hall–Kier alpha value is -2.78. The maximum absolute atomic E-state index is 11.5. The molecule has 0 radical (unpaired) electrons. The lowest BCUT2D eigenvalue weighted by Crippen LogP contribution is -2.30. The largest absolute Gasteiger partial charge is 0.478 e.